The summed E-state index contributed by atoms with van der Waals surface area (Å²) in [6.45, 7) is 9.69. The molecule has 0 saturated carbocycles. The van der Waals surface area contributed by atoms with E-state index < -0.39 is 0 Å². The van der Waals surface area contributed by atoms with E-state index in [1.165, 1.54) is 0 Å². The molecule has 3 aromatic rings. The molecular formula is C25H32N4O2. The van der Waals surface area contributed by atoms with Crippen LogP contribution in [0.25, 0.3) is 10.9 Å². The highest BCUT2D eigenvalue weighted by atomic mass is 16.7. The van der Waals surface area contributed by atoms with Crippen LogP contribution in [0, 0.1) is 0 Å². The zero-order valence-corrected chi connectivity index (χ0v) is 18.7. The topological polar surface area (TPSA) is 50.6 Å². The first-order valence-corrected chi connectivity index (χ1v) is 11.3. The Hall–Kier alpha value is -2.86. The molecule has 0 aliphatic carbocycles. The predicted octanol–water partition coefficient (Wildman–Crippen LogP) is 4.00. The van der Waals surface area contributed by atoms with Crippen LogP contribution in [0.4, 0.5) is 0 Å². The maximum atomic E-state index is 13.6. The lowest BCUT2D eigenvalue weighted by Crippen LogP contribution is -2.44. The van der Waals surface area contributed by atoms with Gasteiger partial charge in [-0.3, -0.25) is 9.78 Å². The van der Waals surface area contributed by atoms with Crippen LogP contribution in [0.1, 0.15) is 49.7 Å². The summed E-state index contributed by atoms with van der Waals surface area (Å²) in [6, 6.07) is 14.5. The fraction of sp³-hybridized carbons (Fsp3) is 0.440. The molecule has 31 heavy (non-hydrogen) atoms. The number of nitrogens with zero attached hydrogens (tertiary/aromatic N) is 4. The molecule has 0 bridgehead atoms. The number of fused-ring (bicyclic) bond motifs is 1. The zero-order chi connectivity index (χ0) is 21.8. The van der Waals surface area contributed by atoms with Gasteiger partial charge in [0.1, 0.15) is 11.8 Å². The van der Waals surface area contributed by atoms with Crippen molar-refractivity contribution >= 4 is 16.8 Å². The smallest absolute Gasteiger partial charge is 0.274 e. The second-order valence-corrected chi connectivity index (χ2v) is 8.49. The molecule has 6 heteroatoms. The second kappa shape index (κ2) is 9.52. The van der Waals surface area contributed by atoms with Crippen LogP contribution in [0.3, 0.4) is 0 Å². The van der Waals surface area contributed by atoms with E-state index in [1.807, 2.05) is 54.3 Å². The van der Waals surface area contributed by atoms with Crippen molar-refractivity contribution in [1.82, 2.24) is 19.5 Å². The SMILES string of the molecule is CCN(Cc1ccncc1)C(=O)c1cc2ccccc2n1OC1CCN(C(C)C)CC1. The molecule has 1 amide bonds. The molecule has 3 heterocycles. The molecule has 164 valence electrons. The number of benzene rings is 1. The van der Waals surface area contributed by atoms with Crippen LogP contribution in [-0.2, 0) is 6.54 Å². The lowest BCUT2D eigenvalue weighted by atomic mass is 10.1. The van der Waals surface area contributed by atoms with Crippen LogP contribution >= 0.6 is 0 Å². The average Bonchev–Trinajstić information content (AvgIpc) is 3.16. The van der Waals surface area contributed by atoms with E-state index >= 15 is 0 Å². The fourth-order valence-corrected chi connectivity index (χ4v) is 4.24. The highest BCUT2D eigenvalue weighted by molar-refractivity contribution is 5.98. The van der Waals surface area contributed by atoms with Crippen LogP contribution in [-0.4, -0.2) is 57.2 Å². The van der Waals surface area contributed by atoms with Gasteiger partial charge in [-0.15, -0.1) is 0 Å². The van der Waals surface area contributed by atoms with E-state index in [0.717, 1.165) is 42.4 Å². The van der Waals surface area contributed by atoms with Crippen LogP contribution in [0.5, 0.6) is 0 Å². The number of carbonyl (C=O) groups is 1. The molecule has 4 rings (SSSR count). The number of likely N-dealkylation sites (tertiary alicyclic amines) is 1. The number of carbonyl (C=O) groups excluding carboxylic acids is 1. The molecule has 0 atom stereocenters. The molecule has 1 aliphatic rings. The average molecular weight is 421 g/mol. The van der Waals surface area contributed by atoms with Crippen molar-refractivity contribution in [3.8, 4) is 0 Å². The summed E-state index contributed by atoms with van der Waals surface area (Å²) in [4.78, 5) is 28.4. The first-order chi connectivity index (χ1) is 15.1. The number of hydrogen-bond donors (Lipinski definition) is 0. The lowest BCUT2D eigenvalue weighted by Gasteiger charge is -2.34. The Bertz CT molecular complexity index is 1010. The normalized spacial score (nSPS) is 15.5. The molecule has 0 N–H and O–H groups in total. The Balaban J connectivity index is 1.59. The van der Waals surface area contributed by atoms with Crippen molar-refractivity contribution < 1.29 is 9.63 Å². The van der Waals surface area contributed by atoms with Gasteiger partial charge in [0.25, 0.3) is 5.91 Å². The highest BCUT2D eigenvalue weighted by Gasteiger charge is 2.26. The summed E-state index contributed by atoms with van der Waals surface area (Å²) in [7, 11) is 0. The van der Waals surface area contributed by atoms with Gasteiger partial charge < -0.3 is 14.6 Å². The van der Waals surface area contributed by atoms with Gasteiger partial charge in [0.05, 0.1) is 5.52 Å². The van der Waals surface area contributed by atoms with E-state index in [-0.39, 0.29) is 12.0 Å². The number of hydrogen-bond acceptors (Lipinski definition) is 4. The van der Waals surface area contributed by atoms with E-state index in [0.29, 0.717) is 24.8 Å². The summed E-state index contributed by atoms with van der Waals surface area (Å²) in [5.74, 6) is -0.0184. The number of pyridine rings is 1. The summed E-state index contributed by atoms with van der Waals surface area (Å²) in [6.07, 6.45) is 5.56. The monoisotopic (exact) mass is 420 g/mol. The van der Waals surface area contributed by atoms with Crippen LogP contribution in [0.15, 0.2) is 54.9 Å². The van der Waals surface area contributed by atoms with E-state index in [4.69, 9.17) is 4.84 Å². The lowest BCUT2D eigenvalue weighted by molar-refractivity contribution is -0.00652. The van der Waals surface area contributed by atoms with Crippen LogP contribution < -0.4 is 4.84 Å². The van der Waals surface area contributed by atoms with E-state index in [1.54, 1.807) is 17.1 Å². The number of para-hydroxylation sites is 1. The van der Waals surface area contributed by atoms with Gasteiger partial charge in [0.15, 0.2) is 0 Å². The third kappa shape index (κ3) is 4.74. The summed E-state index contributed by atoms with van der Waals surface area (Å²) >= 11 is 0. The Morgan fingerprint density at radius 1 is 1.16 bits per heavy atom. The summed E-state index contributed by atoms with van der Waals surface area (Å²) in [5, 5.41) is 1.02. The molecule has 1 fully saturated rings. The maximum absolute atomic E-state index is 13.6. The Kier molecular flexibility index (Phi) is 6.56. The van der Waals surface area contributed by atoms with Gasteiger partial charge in [0.2, 0.25) is 0 Å². The minimum absolute atomic E-state index is 0.0184. The predicted molar refractivity (Wildman–Crippen MR) is 123 cm³/mol. The number of piperidine rings is 1. The molecule has 1 saturated heterocycles. The van der Waals surface area contributed by atoms with Crippen LogP contribution in [0.2, 0.25) is 0 Å². The van der Waals surface area contributed by atoms with Gasteiger partial charge in [-0.2, -0.15) is 4.73 Å². The fourth-order valence-electron chi connectivity index (χ4n) is 4.24. The molecule has 1 aliphatic heterocycles. The van der Waals surface area contributed by atoms with Crippen molar-refractivity contribution in [2.45, 2.75) is 52.3 Å². The molecular weight excluding hydrogens is 388 g/mol. The van der Waals surface area contributed by atoms with E-state index in [2.05, 4.69) is 23.7 Å². The second-order valence-electron chi connectivity index (χ2n) is 8.49. The maximum Gasteiger partial charge on any atom is 0.274 e. The van der Waals surface area contributed by atoms with Crippen molar-refractivity contribution in [2.75, 3.05) is 19.6 Å². The zero-order valence-electron chi connectivity index (χ0n) is 18.7. The van der Waals surface area contributed by atoms with Gasteiger partial charge in [0, 0.05) is 50.0 Å². The van der Waals surface area contributed by atoms with E-state index in [9.17, 15) is 4.79 Å². The minimum Gasteiger partial charge on any atom is -0.410 e. The number of rotatable bonds is 7. The first-order valence-electron chi connectivity index (χ1n) is 11.3. The van der Waals surface area contributed by atoms with Crippen molar-refractivity contribution in [1.29, 1.82) is 0 Å². The summed E-state index contributed by atoms with van der Waals surface area (Å²) < 4.78 is 1.78. The highest BCUT2D eigenvalue weighted by Crippen LogP contribution is 2.23. The first kappa shape index (κ1) is 21.4. The molecule has 1 aromatic carbocycles. The largest absolute Gasteiger partial charge is 0.410 e. The quantitative estimate of drug-likeness (QED) is 0.580. The van der Waals surface area contributed by atoms with Gasteiger partial charge in [-0.25, -0.2) is 0 Å². The molecule has 0 radical (unpaired) electrons. The minimum atomic E-state index is -0.0184. The van der Waals surface area contributed by atoms with Crippen molar-refractivity contribution in [3.63, 3.8) is 0 Å². The number of amides is 1. The van der Waals surface area contributed by atoms with Gasteiger partial charge in [-0.1, -0.05) is 18.2 Å². The third-order valence-electron chi connectivity index (χ3n) is 6.14. The Labute approximate surface area is 184 Å². The number of aromatic nitrogens is 2. The Morgan fingerprint density at radius 3 is 2.55 bits per heavy atom. The van der Waals surface area contributed by atoms with Gasteiger partial charge in [-0.05, 0) is 63.4 Å². The Morgan fingerprint density at radius 2 is 1.87 bits per heavy atom. The van der Waals surface area contributed by atoms with Crippen molar-refractivity contribution in [2.24, 2.45) is 0 Å². The molecule has 0 spiro atoms. The summed E-state index contributed by atoms with van der Waals surface area (Å²) in [5.41, 5.74) is 2.59. The third-order valence-corrected chi connectivity index (χ3v) is 6.14. The van der Waals surface area contributed by atoms with Gasteiger partial charge >= 0.3 is 0 Å². The van der Waals surface area contributed by atoms with Crippen molar-refractivity contribution in [3.05, 3.63) is 66.1 Å². The molecule has 2 aromatic heterocycles. The standard InChI is InChI=1S/C25H32N4O2/c1-4-27(18-20-9-13-26-14-10-20)25(30)24-17-21-7-5-6-8-23(21)29(24)31-22-11-15-28(16-12-22)19(2)3/h5-10,13-14,17,19,22H,4,11-12,15-16,18H2,1-3H3. The molecule has 6 nitrogen and oxygen atoms in total. The molecule has 0 unspecified atom stereocenters.